The number of benzene rings is 1. The zero-order valence-electron chi connectivity index (χ0n) is 17.7. The maximum Gasteiger partial charge on any atom is 0.408 e. The van der Waals surface area contributed by atoms with Crippen LogP contribution < -0.4 is 5.32 Å². The van der Waals surface area contributed by atoms with Crippen molar-refractivity contribution >= 4 is 12.1 Å². The molecule has 1 fully saturated rings. The number of ether oxygens (including phenoxy) is 1. The average Bonchev–Trinajstić information content (AvgIpc) is 3.40. The Morgan fingerprint density at radius 3 is 2.67 bits per heavy atom. The molecule has 0 spiro atoms. The van der Waals surface area contributed by atoms with Crippen LogP contribution in [0.15, 0.2) is 30.6 Å². The Kier molecular flexibility index (Phi) is 5.30. The highest BCUT2D eigenvalue weighted by Gasteiger charge is 2.35. The van der Waals surface area contributed by atoms with E-state index in [0.29, 0.717) is 12.5 Å². The Labute approximate surface area is 176 Å². The summed E-state index contributed by atoms with van der Waals surface area (Å²) in [4.78, 5) is 24.3. The first-order valence-corrected chi connectivity index (χ1v) is 10.6. The van der Waals surface area contributed by atoms with Gasteiger partial charge in [-0.2, -0.15) is 5.10 Å². The predicted molar refractivity (Wildman–Crippen MR) is 112 cm³/mol. The van der Waals surface area contributed by atoms with Crippen molar-refractivity contribution in [1.82, 2.24) is 15.1 Å². The van der Waals surface area contributed by atoms with Crippen LogP contribution in [0.3, 0.4) is 0 Å². The van der Waals surface area contributed by atoms with Crippen molar-refractivity contribution in [1.29, 1.82) is 0 Å². The number of rotatable bonds is 5. The number of carbonyl (C=O) groups excluding carboxylic acids is 1. The van der Waals surface area contributed by atoms with Crippen molar-refractivity contribution in [3.05, 3.63) is 41.7 Å². The van der Waals surface area contributed by atoms with E-state index in [1.165, 1.54) is 12.8 Å². The molecule has 2 aliphatic carbocycles. The van der Waals surface area contributed by atoms with Gasteiger partial charge in [0.1, 0.15) is 11.6 Å². The van der Waals surface area contributed by atoms with Gasteiger partial charge in [-0.15, -0.1) is 0 Å². The summed E-state index contributed by atoms with van der Waals surface area (Å²) in [6.45, 7) is 5.27. The molecule has 0 aliphatic heterocycles. The molecule has 1 aromatic heterocycles. The van der Waals surface area contributed by atoms with Crippen LogP contribution in [-0.4, -0.2) is 38.6 Å². The van der Waals surface area contributed by atoms with Crippen LogP contribution >= 0.6 is 0 Å². The van der Waals surface area contributed by atoms with Gasteiger partial charge in [0.05, 0.1) is 12.2 Å². The standard InChI is InChI=1S/C23H29N3O4/c1-23(2,3)30-22(29)25-20(21(27)28)18-6-4-5-14-7-8-15(11-19(14)18)16-12-24-26(13-16)17-9-10-17/h7-8,11-13,17-18,20H,4-6,9-10H2,1-3H3,(H,25,29)(H,27,28)/t18-,20?/m1/s1. The lowest BCUT2D eigenvalue weighted by Gasteiger charge is -2.31. The van der Waals surface area contributed by atoms with Gasteiger partial charge in [0.15, 0.2) is 0 Å². The molecule has 1 amide bonds. The normalized spacial score (nSPS) is 19.6. The largest absolute Gasteiger partial charge is 0.480 e. The minimum atomic E-state index is -1.05. The van der Waals surface area contributed by atoms with Gasteiger partial charge in [0.2, 0.25) is 0 Å². The molecule has 1 unspecified atom stereocenters. The summed E-state index contributed by atoms with van der Waals surface area (Å²) in [6.07, 6.45) is 8.06. The summed E-state index contributed by atoms with van der Waals surface area (Å²) in [7, 11) is 0. The molecule has 7 heteroatoms. The third kappa shape index (κ3) is 4.50. The van der Waals surface area contributed by atoms with E-state index in [9.17, 15) is 14.7 Å². The van der Waals surface area contributed by atoms with Crippen molar-refractivity contribution in [2.45, 2.75) is 76.5 Å². The van der Waals surface area contributed by atoms with Gasteiger partial charge in [0, 0.05) is 17.7 Å². The lowest BCUT2D eigenvalue weighted by molar-refractivity contribution is -0.140. The van der Waals surface area contributed by atoms with Crippen molar-refractivity contribution in [3.8, 4) is 11.1 Å². The molecule has 1 saturated carbocycles. The summed E-state index contributed by atoms with van der Waals surface area (Å²) < 4.78 is 7.31. The van der Waals surface area contributed by atoms with Crippen LogP contribution in [0.1, 0.15) is 69.5 Å². The first kappa shape index (κ1) is 20.4. The second-order valence-corrected chi connectivity index (χ2v) is 9.31. The van der Waals surface area contributed by atoms with Crippen LogP contribution in [0.4, 0.5) is 4.79 Å². The lowest BCUT2D eigenvalue weighted by atomic mass is 9.77. The molecule has 2 atom stereocenters. The van der Waals surface area contributed by atoms with Crippen molar-refractivity contribution in [3.63, 3.8) is 0 Å². The molecular formula is C23H29N3O4. The maximum absolute atomic E-state index is 12.3. The molecule has 0 radical (unpaired) electrons. The zero-order valence-corrected chi connectivity index (χ0v) is 17.7. The van der Waals surface area contributed by atoms with Gasteiger partial charge in [-0.05, 0) is 69.6 Å². The molecule has 30 heavy (non-hydrogen) atoms. The highest BCUT2D eigenvalue weighted by Crippen LogP contribution is 2.38. The minimum Gasteiger partial charge on any atom is -0.480 e. The molecule has 0 bridgehead atoms. The fraction of sp³-hybridized carbons (Fsp3) is 0.522. The average molecular weight is 412 g/mol. The minimum absolute atomic E-state index is 0.308. The summed E-state index contributed by atoms with van der Waals surface area (Å²) >= 11 is 0. The van der Waals surface area contributed by atoms with Crippen LogP contribution in [0, 0.1) is 0 Å². The number of fused-ring (bicyclic) bond motifs is 1. The number of aliphatic carboxylic acids is 1. The zero-order chi connectivity index (χ0) is 21.5. The Morgan fingerprint density at radius 1 is 1.23 bits per heavy atom. The highest BCUT2D eigenvalue weighted by molar-refractivity contribution is 5.81. The molecule has 1 heterocycles. The molecule has 2 N–H and O–H groups in total. The van der Waals surface area contributed by atoms with E-state index in [2.05, 4.69) is 34.8 Å². The van der Waals surface area contributed by atoms with E-state index in [4.69, 9.17) is 4.74 Å². The van der Waals surface area contributed by atoms with E-state index >= 15 is 0 Å². The monoisotopic (exact) mass is 411 g/mol. The number of amides is 1. The summed E-state index contributed by atoms with van der Waals surface area (Å²) in [6, 6.07) is 5.70. The van der Waals surface area contributed by atoms with Gasteiger partial charge in [0.25, 0.3) is 0 Å². The first-order valence-electron chi connectivity index (χ1n) is 10.6. The summed E-state index contributed by atoms with van der Waals surface area (Å²) in [5.74, 6) is -1.36. The number of nitrogens with zero attached hydrogens (tertiary/aromatic N) is 2. The fourth-order valence-corrected chi connectivity index (χ4v) is 4.16. The molecule has 2 aromatic rings. The third-order valence-corrected chi connectivity index (χ3v) is 5.70. The Bertz CT molecular complexity index is 956. The van der Waals surface area contributed by atoms with Gasteiger partial charge < -0.3 is 15.2 Å². The topological polar surface area (TPSA) is 93.4 Å². The number of nitrogens with one attached hydrogen (secondary N) is 1. The Balaban J connectivity index is 1.61. The second kappa shape index (κ2) is 7.78. The number of hydrogen-bond acceptors (Lipinski definition) is 4. The number of carbonyl (C=O) groups is 2. The van der Waals surface area contributed by atoms with E-state index in [0.717, 1.165) is 35.1 Å². The molecule has 4 rings (SSSR count). The number of carboxylic acid groups (broad SMARTS) is 1. The number of carboxylic acids is 1. The smallest absolute Gasteiger partial charge is 0.408 e. The van der Waals surface area contributed by atoms with E-state index in [1.54, 1.807) is 20.8 Å². The van der Waals surface area contributed by atoms with Crippen LogP contribution in [0.25, 0.3) is 11.1 Å². The van der Waals surface area contributed by atoms with E-state index < -0.39 is 23.7 Å². The quantitative estimate of drug-likeness (QED) is 0.766. The predicted octanol–water partition coefficient (Wildman–Crippen LogP) is 4.28. The van der Waals surface area contributed by atoms with Gasteiger partial charge in [-0.25, -0.2) is 9.59 Å². The number of aromatic nitrogens is 2. The summed E-state index contributed by atoms with van der Waals surface area (Å²) in [5, 5.41) is 16.9. The van der Waals surface area contributed by atoms with Gasteiger partial charge >= 0.3 is 12.1 Å². The maximum atomic E-state index is 12.3. The fourth-order valence-electron chi connectivity index (χ4n) is 4.16. The van der Waals surface area contributed by atoms with E-state index in [1.807, 2.05) is 10.9 Å². The van der Waals surface area contributed by atoms with Crippen molar-refractivity contribution in [2.24, 2.45) is 0 Å². The SMILES string of the molecule is CC(C)(C)OC(=O)NC(C(=O)O)[C@@H]1CCCc2ccc(-c3cnn(C4CC4)c3)cc21. The summed E-state index contributed by atoms with van der Waals surface area (Å²) in [5.41, 5.74) is 3.49. The molecule has 0 saturated heterocycles. The van der Waals surface area contributed by atoms with Crippen LogP contribution in [0.2, 0.25) is 0 Å². The first-order chi connectivity index (χ1) is 14.2. The highest BCUT2D eigenvalue weighted by atomic mass is 16.6. The number of aryl methyl sites for hydroxylation is 1. The second-order valence-electron chi connectivity index (χ2n) is 9.31. The van der Waals surface area contributed by atoms with Gasteiger partial charge in [-0.3, -0.25) is 4.68 Å². The molecule has 1 aromatic carbocycles. The molecular weight excluding hydrogens is 382 g/mol. The molecule has 2 aliphatic rings. The lowest BCUT2D eigenvalue weighted by Crippen LogP contribution is -2.47. The third-order valence-electron chi connectivity index (χ3n) is 5.70. The molecule has 160 valence electrons. The van der Waals surface area contributed by atoms with E-state index in [-0.39, 0.29) is 5.92 Å². The number of alkyl carbamates (subject to hydrolysis) is 1. The molecule has 7 nitrogen and oxygen atoms in total. The van der Waals surface area contributed by atoms with Crippen LogP contribution in [-0.2, 0) is 16.0 Å². The van der Waals surface area contributed by atoms with Gasteiger partial charge in [-0.1, -0.05) is 18.2 Å². The Morgan fingerprint density at radius 2 is 2.00 bits per heavy atom. The Hall–Kier alpha value is -2.83. The van der Waals surface area contributed by atoms with Crippen molar-refractivity contribution in [2.75, 3.05) is 0 Å². The van der Waals surface area contributed by atoms with Crippen LogP contribution in [0.5, 0.6) is 0 Å². The van der Waals surface area contributed by atoms with Crippen molar-refractivity contribution < 1.29 is 19.4 Å². The number of hydrogen-bond donors (Lipinski definition) is 2.